The first-order valence-electron chi connectivity index (χ1n) is 5.62. The SMILES string of the molecule is CC1(C)CCCN1c1c(F)cc(C#N)cc1F. The van der Waals surface area contributed by atoms with E-state index in [0.29, 0.717) is 6.54 Å². The van der Waals surface area contributed by atoms with Crippen LogP contribution in [0.15, 0.2) is 12.1 Å². The van der Waals surface area contributed by atoms with E-state index in [2.05, 4.69) is 0 Å². The molecule has 0 atom stereocenters. The number of rotatable bonds is 1. The van der Waals surface area contributed by atoms with E-state index in [1.807, 2.05) is 13.8 Å². The Kier molecular flexibility index (Phi) is 2.78. The number of benzene rings is 1. The molecule has 2 nitrogen and oxygen atoms in total. The van der Waals surface area contributed by atoms with Crippen molar-refractivity contribution in [3.63, 3.8) is 0 Å². The molecule has 90 valence electrons. The summed E-state index contributed by atoms with van der Waals surface area (Å²) in [5.74, 6) is -1.31. The van der Waals surface area contributed by atoms with Crippen LogP contribution < -0.4 is 4.90 Å². The zero-order valence-corrected chi connectivity index (χ0v) is 9.93. The van der Waals surface area contributed by atoms with Crippen molar-refractivity contribution in [1.29, 1.82) is 5.26 Å². The molecule has 1 aliphatic rings. The Morgan fingerprint density at radius 2 is 1.88 bits per heavy atom. The fourth-order valence-corrected chi connectivity index (χ4v) is 2.41. The molecule has 1 aliphatic heterocycles. The van der Waals surface area contributed by atoms with Gasteiger partial charge in [0.05, 0.1) is 11.6 Å². The summed E-state index contributed by atoms with van der Waals surface area (Å²) in [4.78, 5) is 1.75. The second-order valence-electron chi connectivity index (χ2n) is 4.97. The van der Waals surface area contributed by atoms with Gasteiger partial charge in [0.25, 0.3) is 0 Å². The second-order valence-corrected chi connectivity index (χ2v) is 4.97. The van der Waals surface area contributed by atoms with Gasteiger partial charge in [-0.2, -0.15) is 5.26 Å². The predicted molar refractivity (Wildman–Crippen MR) is 61.7 cm³/mol. The van der Waals surface area contributed by atoms with Crippen LogP contribution in [0.1, 0.15) is 32.3 Å². The third kappa shape index (κ3) is 1.97. The topological polar surface area (TPSA) is 27.0 Å². The number of hydrogen-bond acceptors (Lipinski definition) is 2. The monoisotopic (exact) mass is 236 g/mol. The minimum atomic E-state index is -0.656. The lowest BCUT2D eigenvalue weighted by atomic mass is 10.0. The highest BCUT2D eigenvalue weighted by Crippen LogP contribution is 2.36. The molecule has 1 aromatic rings. The Balaban J connectivity index is 2.50. The molecular weight excluding hydrogens is 222 g/mol. The number of anilines is 1. The van der Waals surface area contributed by atoms with Gasteiger partial charge in [0, 0.05) is 12.1 Å². The highest BCUT2D eigenvalue weighted by molar-refractivity contribution is 5.55. The van der Waals surface area contributed by atoms with Crippen LogP contribution in [0, 0.1) is 23.0 Å². The van der Waals surface area contributed by atoms with Crippen LogP contribution in [0.3, 0.4) is 0 Å². The smallest absolute Gasteiger partial charge is 0.150 e. The fraction of sp³-hybridized carbons (Fsp3) is 0.462. The van der Waals surface area contributed by atoms with Gasteiger partial charge in [0.2, 0.25) is 0 Å². The van der Waals surface area contributed by atoms with E-state index in [1.165, 1.54) is 0 Å². The summed E-state index contributed by atoms with van der Waals surface area (Å²) < 4.78 is 27.7. The molecule has 1 saturated heterocycles. The Hall–Kier alpha value is -1.63. The number of nitriles is 1. The van der Waals surface area contributed by atoms with E-state index in [4.69, 9.17) is 5.26 Å². The lowest BCUT2D eigenvalue weighted by molar-refractivity contribution is 0.491. The van der Waals surface area contributed by atoms with Crippen LogP contribution in [0.2, 0.25) is 0 Å². The lowest BCUT2D eigenvalue weighted by Crippen LogP contribution is -2.39. The summed E-state index contributed by atoms with van der Waals surface area (Å²) in [7, 11) is 0. The molecule has 1 aromatic carbocycles. The van der Waals surface area contributed by atoms with E-state index < -0.39 is 11.6 Å². The molecule has 0 spiro atoms. The van der Waals surface area contributed by atoms with Crippen molar-refractivity contribution in [1.82, 2.24) is 0 Å². The first-order chi connectivity index (χ1) is 7.95. The van der Waals surface area contributed by atoms with Crippen LogP contribution >= 0.6 is 0 Å². The van der Waals surface area contributed by atoms with Crippen molar-refractivity contribution in [2.75, 3.05) is 11.4 Å². The fourth-order valence-electron chi connectivity index (χ4n) is 2.41. The van der Waals surface area contributed by atoms with Crippen LogP contribution in [0.25, 0.3) is 0 Å². The molecule has 0 aliphatic carbocycles. The summed E-state index contributed by atoms with van der Waals surface area (Å²) in [6, 6.07) is 3.93. The molecule has 0 saturated carbocycles. The van der Waals surface area contributed by atoms with Crippen molar-refractivity contribution >= 4 is 5.69 Å². The van der Waals surface area contributed by atoms with E-state index in [9.17, 15) is 8.78 Å². The predicted octanol–water partition coefficient (Wildman–Crippen LogP) is 3.22. The molecule has 0 amide bonds. The first kappa shape index (κ1) is 11.8. The normalized spacial score (nSPS) is 18.2. The number of halogens is 2. The third-order valence-corrected chi connectivity index (χ3v) is 3.32. The van der Waals surface area contributed by atoms with E-state index in [-0.39, 0.29) is 16.8 Å². The maximum atomic E-state index is 13.9. The number of nitrogens with zero attached hydrogens (tertiary/aromatic N) is 2. The van der Waals surface area contributed by atoms with Gasteiger partial charge in [-0.15, -0.1) is 0 Å². The highest BCUT2D eigenvalue weighted by Gasteiger charge is 2.35. The largest absolute Gasteiger partial charge is 0.362 e. The standard InChI is InChI=1S/C13H14F2N2/c1-13(2)4-3-5-17(13)12-10(14)6-9(8-16)7-11(12)15/h6-7H,3-5H2,1-2H3. The van der Waals surface area contributed by atoms with E-state index >= 15 is 0 Å². The van der Waals surface area contributed by atoms with Crippen LogP contribution in [0.4, 0.5) is 14.5 Å². The summed E-state index contributed by atoms with van der Waals surface area (Å²) in [6.45, 7) is 4.58. The molecular formula is C13H14F2N2. The van der Waals surface area contributed by atoms with Gasteiger partial charge in [0.15, 0.2) is 11.6 Å². The maximum absolute atomic E-state index is 13.9. The summed E-state index contributed by atoms with van der Waals surface area (Å²) in [5, 5.41) is 8.65. The minimum absolute atomic E-state index is 0.00787. The summed E-state index contributed by atoms with van der Waals surface area (Å²) in [5.41, 5.74) is -0.234. The lowest BCUT2D eigenvalue weighted by Gasteiger charge is -2.34. The van der Waals surface area contributed by atoms with Crippen LogP contribution in [-0.2, 0) is 0 Å². The minimum Gasteiger partial charge on any atom is -0.362 e. The summed E-state index contributed by atoms with van der Waals surface area (Å²) in [6.07, 6.45) is 1.83. The van der Waals surface area contributed by atoms with Crippen LogP contribution in [0.5, 0.6) is 0 Å². The van der Waals surface area contributed by atoms with Gasteiger partial charge in [-0.25, -0.2) is 8.78 Å². The first-order valence-corrected chi connectivity index (χ1v) is 5.62. The molecule has 0 aromatic heterocycles. The molecule has 0 unspecified atom stereocenters. The maximum Gasteiger partial charge on any atom is 0.150 e. The van der Waals surface area contributed by atoms with Gasteiger partial charge in [-0.3, -0.25) is 0 Å². The Morgan fingerprint density at radius 3 is 2.29 bits per heavy atom. The molecule has 0 radical (unpaired) electrons. The molecule has 0 bridgehead atoms. The van der Waals surface area contributed by atoms with Gasteiger partial charge >= 0.3 is 0 Å². The Labute approximate surface area is 99.5 Å². The molecule has 0 N–H and O–H groups in total. The Bertz CT molecular complexity index is 466. The molecule has 2 rings (SSSR count). The average molecular weight is 236 g/mol. The van der Waals surface area contributed by atoms with Crippen molar-refractivity contribution in [3.05, 3.63) is 29.3 Å². The van der Waals surface area contributed by atoms with Crippen LogP contribution in [-0.4, -0.2) is 12.1 Å². The van der Waals surface area contributed by atoms with Crippen molar-refractivity contribution in [2.24, 2.45) is 0 Å². The average Bonchev–Trinajstić information content (AvgIpc) is 2.57. The second kappa shape index (κ2) is 3.99. The van der Waals surface area contributed by atoms with Gasteiger partial charge in [-0.1, -0.05) is 0 Å². The number of hydrogen-bond donors (Lipinski definition) is 0. The zero-order valence-electron chi connectivity index (χ0n) is 9.93. The van der Waals surface area contributed by atoms with E-state index in [1.54, 1.807) is 11.0 Å². The zero-order chi connectivity index (χ0) is 12.6. The molecule has 1 fully saturated rings. The molecule has 4 heteroatoms. The summed E-state index contributed by atoms with van der Waals surface area (Å²) >= 11 is 0. The van der Waals surface area contributed by atoms with Crippen molar-refractivity contribution in [3.8, 4) is 6.07 Å². The highest BCUT2D eigenvalue weighted by atomic mass is 19.1. The quantitative estimate of drug-likeness (QED) is 0.748. The van der Waals surface area contributed by atoms with Crippen molar-refractivity contribution in [2.45, 2.75) is 32.2 Å². The van der Waals surface area contributed by atoms with Gasteiger partial charge in [0.1, 0.15) is 5.69 Å². The van der Waals surface area contributed by atoms with Gasteiger partial charge in [-0.05, 0) is 38.8 Å². The molecule has 17 heavy (non-hydrogen) atoms. The van der Waals surface area contributed by atoms with Crippen molar-refractivity contribution < 1.29 is 8.78 Å². The molecule has 1 heterocycles. The Morgan fingerprint density at radius 1 is 1.29 bits per heavy atom. The van der Waals surface area contributed by atoms with E-state index in [0.717, 1.165) is 25.0 Å². The van der Waals surface area contributed by atoms with Gasteiger partial charge < -0.3 is 4.90 Å². The third-order valence-electron chi connectivity index (χ3n) is 3.32.